The molecule has 0 bridgehead atoms. The molecule has 2 saturated heterocycles. The number of rotatable bonds is 8. The monoisotopic (exact) mass is 505 g/mol. The average molecular weight is 506 g/mol. The van der Waals surface area contributed by atoms with Crippen LogP contribution in [0.5, 0.6) is 5.75 Å². The molecule has 196 valence electrons. The molecular weight excluding hydrogens is 471 g/mol. The van der Waals surface area contributed by atoms with E-state index in [9.17, 15) is 23.1 Å². The highest BCUT2D eigenvalue weighted by Gasteiger charge is 2.33. The van der Waals surface area contributed by atoms with Crippen LogP contribution in [-0.2, 0) is 11.3 Å². The zero-order valence-electron chi connectivity index (χ0n) is 20.3. The second-order valence-corrected chi connectivity index (χ2v) is 9.68. The molecule has 2 aliphatic heterocycles. The Morgan fingerprint density at radius 1 is 1.03 bits per heavy atom. The fourth-order valence-electron chi connectivity index (χ4n) is 5.11. The van der Waals surface area contributed by atoms with E-state index < -0.39 is 12.5 Å². The van der Waals surface area contributed by atoms with Gasteiger partial charge >= 0.3 is 6.36 Å². The topological polar surface area (TPSA) is 65.0 Å². The van der Waals surface area contributed by atoms with Gasteiger partial charge in [0.15, 0.2) is 0 Å². The first-order chi connectivity index (χ1) is 17.3. The number of aliphatic hydroxyl groups excluding tert-OH is 1. The van der Waals surface area contributed by atoms with Crippen molar-refractivity contribution in [3.05, 3.63) is 60.2 Å². The highest BCUT2D eigenvalue weighted by Crippen LogP contribution is 2.29. The number of likely N-dealkylation sites (tertiary alicyclic amines) is 1. The van der Waals surface area contributed by atoms with Crippen molar-refractivity contribution in [3.63, 3.8) is 0 Å². The lowest BCUT2D eigenvalue weighted by molar-refractivity contribution is -0.274. The van der Waals surface area contributed by atoms with Gasteiger partial charge < -0.3 is 20.1 Å². The van der Waals surface area contributed by atoms with Crippen LogP contribution < -0.4 is 15.0 Å². The maximum absolute atomic E-state index is 13.5. The molecule has 0 saturated carbocycles. The lowest BCUT2D eigenvalue weighted by Gasteiger charge is -2.37. The summed E-state index contributed by atoms with van der Waals surface area (Å²) in [6, 6.07) is 15.6. The first-order valence-corrected chi connectivity index (χ1v) is 12.6. The van der Waals surface area contributed by atoms with Gasteiger partial charge in [0.05, 0.1) is 12.6 Å². The Hall–Kier alpha value is -2.62. The van der Waals surface area contributed by atoms with Crippen LogP contribution in [0.4, 0.5) is 18.9 Å². The van der Waals surface area contributed by atoms with Gasteiger partial charge in [-0.3, -0.25) is 9.69 Å². The molecule has 2 fully saturated rings. The first kappa shape index (κ1) is 26.4. The fraction of sp³-hybridized carbons (Fsp3) is 0.519. The van der Waals surface area contributed by atoms with E-state index in [1.807, 2.05) is 18.2 Å². The molecule has 1 atom stereocenters. The Labute approximate surface area is 210 Å². The normalized spacial score (nSPS) is 19.1. The summed E-state index contributed by atoms with van der Waals surface area (Å²) in [6.07, 6.45) is -2.47. The largest absolute Gasteiger partial charge is 0.573 e. The molecule has 9 heteroatoms. The summed E-state index contributed by atoms with van der Waals surface area (Å²) in [5.41, 5.74) is 1.72. The third kappa shape index (κ3) is 7.44. The number of hydrogen-bond acceptors (Lipinski definition) is 5. The summed E-state index contributed by atoms with van der Waals surface area (Å²) in [5.74, 6) is -0.571. The minimum atomic E-state index is -4.78. The predicted molar refractivity (Wildman–Crippen MR) is 132 cm³/mol. The van der Waals surface area contributed by atoms with Gasteiger partial charge in [-0.25, -0.2) is 0 Å². The molecule has 2 aliphatic rings. The molecule has 0 aliphatic carbocycles. The molecule has 36 heavy (non-hydrogen) atoms. The number of carbonyl (C=O) groups is 1. The number of amides is 1. The van der Waals surface area contributed by atoms with Gasteiger partial charge in [-0.1, -0.05) is 30.3 Å². The third-order valence-electron chi connectivity index (χ3n) is 7.13. The lowest BCUT2D eigenvalue weighted by Crippen LogP contribution is -2.47. The van der Waals surface area contributed by atoms with Gasteiger partial charge in [-0.2, -0.15) is 0 Å². The second-order valence-electron chi connectivity index (χ2n) is 9.68. The van der Waals surface area contributed by atoms with Crippen molar-refractivity contribution in [3.8, 4) is 5.75 Å². The molecule has 2 aromatic carbocycles. The van der Waals surface area contributed by atoms with Gasteiger partial charge in [0.2, 0.25) is 5.91 Å². The quantitative estimate of drug-likeness (QED) is 0.563. The van der Waals surface area contributed by atoms with E-state index in [2.05, 4.69) is 27.1 Å². The first-order valence-electron chi connectivity index (χ1n) is 12.6. The number of alkyl halides is 3. The van der Waals surface area contributed by atoms with Crippen molar-refractivity contribution >= 4 is 11.6 Å². The summed E-state index contributed by atoms with van der Waals surface area (Å²) in [7, 11) is 0. The zero-order chi connectivity index (χ0) is 25.5. The van der Waals surface area contributed by atoms with Crippen LogP contribution in [0.15, 0.2) is 54.6 Å². The van der Waals surface area contributed by atoms with E-state index in [4.69, 9.17) is 0 Å². The Morgan fingerprint density at radius 3 is 2.28 bits per heavy atom. The van der Waals surface area contributed by atoms with Crippen LogP contribution >= 0.6 is 0 Å². The summed E-state index contributed by atoms with van der Waals surface area (Å²) < 4.78 is 41.7. The van der Waals surface area contributed by atoms with E-state index >= 15 is 0 Å². The standard InChI is InChI=1S/C27H34F3N3O3/c28-27(29,30)36-24-8-6-23(7-9-24)33(26(35)22-10-14-31-15-11-22)19-25(34)21-12-16-32(17-13-21)18-20-4-2-1-3-5-20/h1-9,21-22,25,31,34H,10-19H2. The summed E-state index contributed by atoms with van der Waals surface area (Å²) in [6.45, 7) is 4.20. The Kier molecular flexibility index (Phi) is 8.87. The Bertz CT molecular complexity index is 958. The maximum atomic E-state index is 13.5. The molecule has 2 N–H and O–H groups in total. The summed E-state index contributed by atoms with van der Waals surface area (Å²) in [4.78, 5) is 17.4. The van der Waals surface area contributed by atoms with Crippen molar-refractivity contribution in [1.29, 1.82) is 0 Å². The number of nitrogens with zero attached hydrogens (tertiary/aromatic N) is 2. The minimum Gasteiger partial charge on any atom is -0.406 e. The van der Waals surface area contributed by atoms with E-state index in [0.717, 1.165) is 45.6 Å². The molecule has 1 amide bonds. The number of piperidine rings is 2. The van der Waals surface area contributed by atoms with Crippen LogP contribution in [-0.4, -0.2) is 61.1 Å². The van der Waals surface area contributed by atoms with Gasteiger partial charge in [0.25, 0.3) is 0 Å². The predicted octanol–water partition coefficient (Wildman–Crippen LogP) is 4.19. The number of hydrogen-bond donors (Lipinski definition) is 2. The van der Waals surface area contributed by atoms with Crippen molar-refractivity contribution in [2.45, 2.75) is 44.7 Å². The van der Waals surface area contributed by atoms with E-state index in [0.29, 0.717) is 18.5 Å². The van der Waals surface area contributed by atoms with Crippen LogP contribution in [0.25, 0.3) is 0 Å². The Morgan fingerprint density at radius 2 is 1.67 bits per heavy atom. The maximum Gasteiger partial charge on any atom is 0.573 e. The fourth-order valence-corrected chi connectivity index (χ4v) is 5.11. The van der Waals surface area contributed by atoms with Gasteiger partial charge in [-0.05, 0) is 87.6 Å². The van der Waals surface area contributed by atoms with Crippen molar-refractivity contribution in [2.75, 3.05) is 37.6 Å². The van der Waals surface area contributed by atoms with Crippen molar-refractivity contribution in [1.82, 2.24) is 10.2 Å². The smallest absolute Gasteiger partial charge is 0.406 e. The van der Waals surface area contributed by atoms with Gasteiger partial charge in [0.1, 0.15) is 5.75 Å². The van der Waals surface area contributed by atoms with Crippen molar-refractivity contribution in [2.24, 2.45) is 11.8 Å². The SMILES string of the molecule is O=C(C1CCNCC1)N(CC(O)C1CCN(Cc2ccccc2)CC1)c1ccc(OC(F)(F)F)cc1. The van der Waals surface area contributed by atoms with Crippen LogP contribution in [0.2, 0.25) is 0 Å². The zero-order valence-corrected chi connectivity index (χ0v) is 20.3. The van der Waals surface area contributed by atoms with E-state index in [-0.39, 0.29) is 30.0 Å². The second kappa shape index (κ2) is 12.1. The van der Waals surface area contributed by atoms with Crippen molar-refractivity contribution < 1.29 is 27.8 Å². The van der Waals surface area contributed by atoms with Crippen LogP contribution in [0, 0.1) is 11.8 Å². The molecule has 4 rings (SSSR count). The lowest BCUT2D eigenvalue weighted by atomic mass is 9.90. The van der Waals surface area contributed by atoms with Gasteiger partial charge in [0, 0.05) is 18.2 Å². The summed E-state index contributed by atoms with van der Waals surface area (Å²) >= 11 is 0. The number of ether oxygens (including phenoxy) is 1. The number of aliphatic hydroxyl groups is 1. The van der Waals surface area contributed by atoms with Crippen LogP contribution in [0.3, 0.4) is 0 Å². The van der Waals surface area contributed by atoms with Gasteiger partial charge in [-0.15, -0.1) is 13.2 Å². The number of halogens is 3. The Balaban J connectivity index is 1.41. The molecule has 0 spiro atoms. The average Bonchev–Trinajstić information content (AvgIpc) is 2.88. The molecule has 1 unspecified atom stereocenters. The summed E-state index contributed by atoms with van der Waals surface area (Å²) in [5, 5.41) is 14.4. The molecule has 2 heterocycles. The molecule has 0 radical (unpaired) electrons. The highest BCUT2D eigenvalue weighted by molar-refractivity contribution is 5.95. The molecule has 0 aromatic heterocycles. The number of nitrogens with one attached hydrogen (secondary N) is 1. The third-order valence-corrected chi connectivity index (χ3v) is 7.13. The van der Waals surface area contributed by atoms with Crippen LogP contribution in [0.1, 0.15) is 31.2 Å². The molecular formula is C27H34F3N3O3. The highest BCUT2D eigenvalue weighted by atomic mass is 19.4. The number of anilines is 1. The molecule has 2 aromatic rings. The minimum absolute atomic E-state index is 0.0492. The molecule has 6 nitrogen and oxygen atoms in total. The number of carbonyl (C=O) groups excluding carboxylic acids is 1. The number of benzene rings is 2. The van der Waals surface area contributed by atoms with E-state index in [1.54, 1.807) is 4.90 Å². The van der Waals surface area contributed by atoms with E-state index in [1.165, 1.54) is 29.8 Å².